The average molecular weight is 310 g/mol. The maximum Gasteiger partial charge on any atom is 0.309 e. The zero-order valence-corrected chi connectivity index (χ0v) is 12.7. The Balaban J connectivity index is 1.81. The molecule has 1 aliphatic heterocycles. The minimum absolute atomic E-state index is 0.131. The lowest BCUT2D eigenvalue weighted by molar-refractivity contribution is -0.157. The molecule has 3 rings (SSSR count). The lowest BCUT2D eigenvalue weighted by atomic mass is 9.78. The smallest absolute Gasteiger partial charge is 0.309 e. The number of hydroxylamine groups is 1. The number of nitrogens with one attached hydrogen (secondary N) is 1. The molecule has 7 nitrogen and oxygen atoms in total. The molecule has 0 radical (unpaired) electrons. The maximum absolute atomic E-state index is 13.0. The zero-order chi connectivity index (χ0) is 15.9. The summed E-state index contributed by atoms with van der Waals surface area (Å²) in [6, 6.07) is -0.630. The molecule has 0 spiro atoms. The molecule has 2 N–H and O–H groups in total. The summed E-state index contributed by atoms with van der Waals surface area (Å²) in [7, 11) is 1.35. The quantitative estimate of drug-likeness (QED) is 0.444. The van der Waals surface area contributed by atoms with E-state index in [2.05, 4.69) is 0 Å². The number of carbonyl (C=O) groups is 3. The Morgan fingerprint density at radius 3 is 2.45 bits per heavy atom. The summed E-state index contributed by atoms with van der Waals surface area (Å²) >= 11 is 0. The predicted molar refractivity (Wildman–Crippen MR) is 74.5 cm³/mol. The van der Waals surface area contributed by atoms with Crippen LogP contribution in [0, 0.1) is 23.7 Å². The number of fused-ring (bicyclic) bond motifs is 2. The first-order chi connectivity index (χ1) is 10.6. The van der Waals surface area contributed by atoms with Crippen LogP contribution in [0.5, 0.6) is 0 Å². The molecule has 1 saturated heterocycles. The summed E-state index contributed by atoms with van der Waals surface area (Å²) in [5.41, 5.74) is 1.64. The molecular weight excluding hydrogens is 288 g/mol. The van der Waals surface area contributed by atoms with E-state index in [1.54, 1.807) is 5.48 Å². The monoisotopic (exact) mass is 310 g/mol. The fraction of sp³-hybridized carbons (Fsp3) is 0.800. The van der Waals surface area contributed by atoms with Crippen LogP contribution < -0.4 is 5.48 Å². The molecule has 122 valence electrons. The van der Waals surface area contributed by atoms with Crippen molar-refractivity contribution in [3.8, 4) is 0 Å². The summed E-state index contributed by atoms with van der Waals surface area (Å²) in [6.07, 6.45) is 4.09. The molecule has 2 saturated carbocycles. The second kappa shape index (κ2) is 5.87. The van der Waals surface area contributed by atoms with Gasteiger partial charge in [0.15, 0.2) is 0 Å². The van der Waals surface area contributed by atoms with Crippen molar-refractivity contribution in [1.82, 2.24) is 10.4 Å². The van der Waals surface area contributed by atoms with Gasteiger partial charge in [-0.05, 0) is 43.9 Å². The van der Waals surface area contributed by atoms with E-state index >= 15 is 0 Å². The first-order valence-electron chi connectivity index (χ1n) is 7.90. The van der Waals surface area contributed by atoms with Gasteiger partial charge in [0.05, 0.1) is 18.9 Å². The van der Waals surface area contributed by atoms with Gasteiger partial charge in [-0.25, -0.2) is 5.48 Å². The van der Waals surface area contributed by atoms with E-state index in [0.29, 0.717) is 13.0 Å². The Morgan fingerprint density at radius 1 is 1.14 bits per heavy atom. The van der Waals surface area contributed by atoms with Gasteiger partial charge in [-0.15, -0.1) is 0 Å². The van der Waals surface area contributed by atoms with Crippen LogP contribution in [-0.2, 0) is 19.1 Å². The third kappa shape index (κ3) is 2.27. The van der Waals surface area contributed by atoms with Crippen molar-refractivity contribution < 1.29 is 24.3 Å². The van der Waals surface area contributed by atoms with E-state index in [4.69, 9.17) is 9.94 Å². The Hall–Kier alpha value is -1.63. The van der Waals surface area contributed by atoms with Crippen molar-refractivity contribution in [2.24, 2.45) is 23.7 Å². The number of hydrogen-bond acceptors (Lipinski definition) is 5. The van der Waals surface area contributed by atoms with Crippen LogP contribution in [0.25, 0.3) is 0 Å². The number of methoxy groups -OCH3 is 1. The van der Waals surface area contributed by atoms with Crippen LogP contribution in [0.2, 0.25) is 0 Å². The van der Waals surface area contributed by atoms with Gasteiger partial charge >= 0.3 is 5.97 Å². The highest BCUT2D eigenvalue weighted by Crippen LogP contribution is 2.53. The summed E-state index contributed by atoms with van der Waals surface area (Å²) < 4.78 is 4.90. The van der Waals surface area contributed by atoms with Gasteiger partial charge in [0.25, 0.3) is 5.91 Å². The predicted octanol–water partition coefficient (Wildman–Crippen LogP) is 0.318. The number of rotatable bonds is 3. The van der Waals surface area contributed by atoms with Crippen LogP contribution in [0.1, 0.15) is 32.1 Å². The molecule has 2 amide bonds. The first-order valence-corrected chi connectivity index (χ1v) is 7.90. The Morgan fingerprint density at radius 2 is 1.82 bits per heavy atom. The van der Waals surface area contributed by atoms with Crippen molar-refractivity contribution in [1.29, 1.82) is 0 Å². The third-order valence-electron chi connectivity index (χ3n) is 5.62. The molecule has 22 heavy (non-hydrogen) atoms. The highest BCUT2D eigenvalue weighted by Gasteiger charge is 2.56. The molecule has 3 aliphatic rings. The SMILES string of the molecule is COC(=O)[C@H]1[C@H]2CC[C@H](C2)[C@H]1C(=O)N1CCC[C@H]1C(=O)NO. The minimum Gasteiger partial charge on any atom is -0.469 e. The number of nitrogens with zero attached hydrogens (tertiary/aromatic N) is 1. The van der Waals surface area contributed by atoms with Crippen molar-refractivity contribution in [3.63, 3.8) is 0 Å². The lowest BCUT2D eigenvalue weighted by Gasteiger charge is -2.33. The standard InChI is InChI=1S/C15H22N2O5/c1-22-15(20)12-9-5-4-8(7-9)11(12)14(19)17-6-2-3-10(17)13(18)16-21/h8-12,21H,2-7H2,1H3,(H,16,18)/t8-,9+,10+,11-,12+/m1/s1. The van der Waals surface area contributed by atoms with Crippen LogP contribution >= 0.6 is 0 Å². The van der Waals surface area contributed by atoms with Crippen molar-refractivity contribution in [2.75, 3.05) is 13.7 Å². The Labute approximate surface area is 128 Å². The highest BCUT2D eigenvalue weighted by atomic mass is 16.5. The maximum atomic E-state index is 13.0. The molecule has 5 atom stereocenters. The van der Waals surface area contributed by atoms with Crippen LogP contribution in [0.4, 0.5) is 0 Å². The largest absolute Gasteiger partial charge is 0.469 e. The fourth-order valence-electron chi connectivity index (χ4n) is 4.69. The van der Waals surface area contributed by atoms with Gasteiger partial charge in [0.2, 0.25) is 5.91 Å². The van der Waals surface area contributed by atoms with E-state index in [9.17, 15) is 14.4 Å². The molecule has 0 unspecified atom stereocenters. The van der Waals surface area contributed by atoms with Crippen molar-refractivity contribution in [2.45, 2.75) is 38.1 Å². The molecule has 3 fully saturated rings. The van der Waals surface area contributed by atoms with Crippen LogP contribution in [0.15, 0.2) is 0 Å². The number of likely N-dealkylation sites (tertiary alicyclic amines) is 1. The number of esters is 1. The molecule has 0 aromatic heterocycles. The molecular formula is C15H22N2O5. The number of ether oxygens (including phenoxy) is 1. The first kappa shape index (κ1) is 15.3. The molecule has 7 heteroatoms. The van der Waals surface area contributed by atoms with Crippen LogP contribution in [0.3, 0.4) is 0 Å². The summed E-state index contributed by atoms with van der Waals surface area (Å²) in [6.45, 7) is 0.499. The highest BCUT2D eigenvalue weighted by molar-refractivity contribution is 5.91. The Bertz CT molecular complexity index is 494. The molecule has 0 aromatic carbocycles. The van der Waals surface area contributed by atoms with Crippen molar-refractivity contribution >= 4 is 17.8 Å². The zero-order valence-electron chi connectivity index (χ0n) is 12.7. The minimum atomic E-state index is -0.630. The number of hydrogen-bond donors (Lipinski definition) is 2. The van der Waals surface area contributed by atoms with Gasteiger partial charge in [0.1, 0.15) is 6.04 Å². The molecule has 1 heterocycles. The van der Waals surface area contributed by atoms with Gasteiger partial charge in [-0.2, -0.15) is 0 Å². The average Bonchev–Trinajstić information content (AvgIpc) is 3.26. The van der Waals surface area contributed by atoms with Crippen molar-refractivity contribution in [3.05, 3.63) is 0 Å². The second-order valence-electron chi connectivity index (χ2n) is 6.57. The normalized spacial score (nSPS) is 36.5. The van der Waals surface area contributed by atoms with E-state index in [1.807, 2.05) is 0 Å². The topological polar surface area (TPSA) is 95.9 Å². The summed E-state index contributed by atoms with van der Waals surface area (Å²) in [4.78, 5) is 38.3. The molecule has 0 aromatic rings. The van der Waals surface area contributed by atoms with Gasteiger partial charge in [-0.1, -0.05) is 0 Å². The van der Waals surface area contributed by atoms with Gasteiger partial charge in [0, 0.05) is 6.54 Å². The van der Waals surface area contributed by atoms with Gasteiger partial charge < -0.3 is 9.64 Å². The Kier molecular flexibility index (Phi) is 4.08. The number of carbonyl (C=O) groups excluding carboxylic acids is 3. The third-order valence-corrected chi connectivity index (χ3v) is 5.62. The molecule has 2 bridgehead atoms. The lowest BCUT2D eigenvalue weighted by Crippen LogP contribution is -2.50. The summed E-state index contributed by atoms with van der Waals surface area (Å²) in [5, 5.41) is 8.83. The number of amides is 2. The summed E-state index contributed by atoms with van der Waals surface area (Å²) in [5.74, 6) is -1.32. The fourth-order valence-corrected chi connectivity index (χ4v) is 4.69. The van der Waals surface area contributed by atoms with E-state index < -0.39 is 11.9 Å². The van der Waals surface area contributed by atoms with Crippen LogP contribution in [-0.4, -0.2) is 47.6 Å². The van der Waals surface area contributed by atoms with E-state index in [-0.39, 0.29) is 35.5 Å². The second-order valence-corrected chi connectivity index (χ2v) is 6.57. The molecule has 2 aliphatic carbocycles. The van der Waals surface area contributed by atoms with Gasteiger partial charge in [-0.3, -0.25) is 19.6 Å². The van der Waals surface area contributed by atoms with E-state index in [0.717, 1.165) is 25.7 Å². The van der Waals surface area contributed by atoms with E-state index in [1.165, 1.54) is 12.0 Å².